The van der Waals surface area contributed by atoms with E-state index in [0.717, 1.165) is 6.04 Å². The molecule has 0 radical (unpaired) electrons. The maximum atomic E-state index is 13.1. The van der Waals surface area contributed by atoms with Crippen molar-refractivity contribution < 1.29 is 18.8 Å². The Labute approximate surface area is 180 Å². The zero-order valence-electron chi connectivity index (χ0n) is 20.5. The number of carbonyl (C=O) groups is 2. The molecule has 1 amide bonds. The predicted octanol–water partition coefficient (Wildman–Crippen LogP) is 5.00. The van der Waals surface area contributed by atoms with Gasteiger partial charge < -0.3 is 14.1 Å². The van der Waals surface area contributed by atoms with E-state index in [1.54, 1.807) is 4.90 Å². The smallest absolute Gasteiger partial charge is 0.326 e. The SMILES string of the molecule is C=C[Si](C)(C)C[C@@H]1[C@@H]([C@@H](C)O[Si](C)(C)C(C)(C)C)C(=O)N1CC(=O)OC(C)(C)C. The third-order valence-electron chi connectivity index (χ3n) is 6.18. The highest BCUT2D eigenvalue weighted by atomic mass is 28.4. The molecule has 0 saturated carbocycles. The number of rotatable bonds is 8. The number of likely N-dealkylation sites (tertiary alicyclic amines) is 1. The Kier molecular flexibility index (Phi) is 7.81. The first-order valence-electron chi connectivity index (χ1n) is 10.6. The molecule has 0 unspecified atom stereocenters. The van der Waals surface area contributed by atoms with Gasteiger partial charge in [0.15, 0.2) is 8.32 Å². The van der Waals surface area contributed by atoms with E-state index in [1.165, 1.54) is 0 Å². The quantitative estimate of drug-likeness (QED) is 0.302. The summed E-state index contributed by atoms with van der Waals surface area (Å²) in [5.74, 6) is -0.565. The van der Waals surface area contributed by atoms with Crippen molar-refractivity contribution in [2.24, 2.45) is 5.92 Å². The second-order valence-electron chi connectivity index (χ2n) is 11.6. The van der Waals surface area contributed by atoms with Crippen LogP contribution in [0.3, 0.4) is 0 Å². The third-order valence-corrected chi connectivity index (χ3v) is 13.3. The van der Waals surface area contributed by atoms with E-state index in [0.29, 0.717) is 0 Å². The summed E-state index contributed by atoms with van der Waals surface area (Å²) in [4.78, 5) is 27.1. The Morgan fingerprint density at radius 1 is 1.17 bits per heavy atom. The second kappa shape index (κ2) is 8.67. The van der Waals surface area contributed by atoms with E-state index in [2.05, 4.69) is 59.2 Å². The van der Waals surface area contributed by atoms with E-state index in [9.17, 15) is 9.59 Å². The number of β-lactam (4-membered cyclic amide) rings is 1. The van der Waals surface area contributed by atoms with Gasteiger partial charge in [-0.15, -0.1) is 12.3 Å². The van der Waals surface area contributed by atoms with Crippen LogP contribution in [0.4, 0.5) is 0 Å². The van der Waals surface area contributed by atoms with Crippen molar-refractivity contribution in [3.05, 3.63) is 12.3 Å². The molecule has 1 fully saturated rings. The van der Waals surface area contributed by atoms with Gasteiger partial charge in [-0.05, 0) is 51.9 Å². The zero-order valence-corrected chi connectivity index (χ0v) is 22.5. The van der Waals surface area contributed by atoms with Crippen LogP contribution in [-0.2, 0) is 18.8 Å². The van der Waals surface area contributed by atoms with Crippen LogP contribution < -0.4 is 0 Å². The first-order chi connectivity index (χ1) is 12.8. The van der Waals surface area contributed by atoms with Gasteiger partial charge in [-0.1, -0.05) is 33.9 Å². The molecule has 5 nitrogen and oxygen atoms in total. The topological polar surface area (TPSA) is 55.8 Å². The highest BCUT2D eigenvalue weighted by molar-refractivity contribution is 6.82. The summed E-state index contributed by atoms with van der Waals surface area (Å²) in [6, 6.07) is 0.871. The van der Waals surface area contributed by atoms with Gasteiger partial charge in [-0.2, -0.15) is 0 Å². The number of hydrogen-bond donors (Lipinski definition) is 0. The van der Waals surface area contributed by atoms with Crippen LogP contribution in [0, 0.1) is 5.92 Å². The van der Waals surface area contributed by atoms with E-state index in [-0.39, 0.29) is 41.5 Å². The van der Waals surface area contributed by atoms with Gasteiger partial charge in [-0.3, -0.25) is 9.59 Å². The number of carbonyl (C=O) groups excluding carboxylic acids is 2. The summed E-state index contributed by atoms with van der Waals surface area (Å²) in [6.45, 7) is 27.1. The van der Waals surface area contributed by atoms with Crippen LogP contribution in [0.5, 0.6) is 0 Å². The first kappa shape index (κ1) is 26.1. The number of nitrogens with zero attached hydrogens (tertiary/aromatic N) is 1. The fraction of sp³-hybridized carbons (Fsp3) is 0.818. The van der Waals surface area contributed by atoms with Gasteiger partial charge in [0.1, 0.15) is 12.1 Å². The Hall–Kier alpha value is -0.926. The molecular weight excluding hydrogens is 398 g/mol. The molecule has 1 saturated heterocycles. The summed E-state index contributed by atoms with van der Waals surface area (Å²) >= 11 is 0. The lowest BCUT2D eigenvalue weighted by molar-refractivity contribution is -0.173. The molecule has 0 aromatic rings. The first-order valence-corrected chi connectivity index (χ1v) is 16.8. The molecule has 0 aliphatic carbocycles. The second-order valence-corrected chi connectivity index (χ2v) is 21.2. The lowest BCUT2D eigenvalue weighted by Gasteiger charge is -2.52. The van der Waals surface area contributed by atoms with E-state index in [1.807, 2.05) is 27.7 Å². The van der Waals surface area contributed by atoms with Crippen LogP contribution in [0.25, 0.3) is 0 Å². The van der Waals surface area contributed by atoms with Crippen molar-refractivity contribution in [3.8, 4) is 0 Å². The highest BCUT2D eigenvalue weighted by Crippen LogP contribution is 2.42. The van der Waals surface area contributed by atoms with Crippen LogP contribution in [-0.4, -0.2) is 57.5 Å². The molecule has 0 aromatic carbocycles. The maximum absolute atomic E-state index is 13.1. The van der Waals surface area contributed by atoms with Crippen molar-refractivity contribution in [2.45, 2.75) is 103 Å². The molecule has 0 N–H and O–H groups in total. The maximum Gasteiger partial charge on any atom is 0.326 e. The van der Waals surface area contributed by atoms with Gasteiger partial charge in [0, 0.05) is 6.04 Å². The minimum Gasteiger partial charge on any atom is -0.459 e. The van der Waals surface area contributed by atoms with Crippen molar-refractivity contribution in [1.82, 2.24) is 4.90 Å². The van der Waals surface area contributed by atoms with E-state index < -0.39 is 22.0 Å². The van der Waals surface area contributed by atoms with Gasteiger partial charge in [0.25, 0.3) is 0 Å². The van der Waals surface area contributed by atoms with E-state index >= 15 is 0 Å². The van der Waals surface area contributed by atoms with Crippen LogP contribution >= 0.6 is 0 Å². The summed E-state index contributed by atoms with van der Waals surface area (Å²) in [5, 5.41) is 0.0783. The molecule has 0 spiro atoms. The molecular formula is C22H43NO4Si2. The Morgan fingerprint density at radius 2 is 1.69 bits per heavy atom. The highest BCUT2D eigenvalue weighted by Gasteiger charge is 2.54. The number of hydrogen-bond acceptors (Lipinski definition) is 4. The van der Waals surface area contributed by atoms with Crippen molar-refractivity contribution in [2.75, 3.05) is 6.54 Å². The molecule has 1 heterocycles. The summed E-state index contributed by atoms with van der Waals surface area (Å²) in [6.07, 6.45) is -0.169. The van der Waals surface area contributed by atoms with Crippen LogP contribution in [0.1, 0.15) is 48.5 Å². The lowest BCUT2D eigenvalue weighted by Crippen LogP contribution is -2.67. The minimum absolute atomic E-state index is 0.000862. The van der Waals surface area contributed by atoms with Crippen LogP contribution in [0.2, 0.25) is 37.3 Å². The van der Waals surface area contributed by atoms with Crippen LogP contribution in [0.15, 0.2) is 12.3 Å². The Morgan fingerprint density at radius 3 is 2.10 bits per heavy atom. The molecule has 29 heavy (non-hydrogen) atoms. The molecule has 168 valence electrons. The molecule has 0 aromatic heterocycles. The Bertz CT molecular complexity index is 632. The van der Waals surface area contributed by atoms with Gasteiger partial charge in [0.2, 0.25) is 5.91 Å². The molecule has 3 atom stereocenters. The third kappa shape index (κ3) is 6.79. The normalized spacial score (nSPS) is 22.2. The molecule has 1 aliphatic rings. The van der Waals surface area contributed by atoms with Crippen molar-refractivity contribution >= 4 is 28.3 Å². The van der Waals surface area contributed by atoms with Gasteiger partial charge in [0.05, 0.1) is 20.1 Å². The number of esters is 1. The minimum atomic E-state index is -2.00. The largest absolute Gasteiger partial charge is 0.459 e. The fourth-order valence-corrected chi connectivity index (χ4v) is 6.58. The van der Waals surface area contributed by atoms with Gasteiger partial charge >= 0.3 is 5.97 Å². The fourth-order valence-electron chi connectivity index (χ4n) is 3.43. The predicted molar refractivity (Wildman–Crippen MR) is 125 cm³/mol. The van der Waals surface area contributed by atoms with Crippen molar-refractivity contribution in [3.63, 3.8) is 0 Å². The average Bonchev–Trinajstić information content (AvgIpc) is 2.48. The zero-order chi connectivity index (χ0) is 23.0. The van der Waals surface area contributed by atoms with Gasteiger partial charge in [-0.25, -0.2) is 0 Å². The average molecular weight is 442 g/mol. The Balaban J connectivity index is 3.03. The number of ether oxygens (including phenoxy) is 1. The molecule has 0 bridgehead atoms. The summed E-state index contributed by atoms with van der Waals surface area (Å²) in [5.41, 5.74) is 1.49. The standard InChI is InChI=1S/C22H43NO4Si2/c1-13-28(9,10)15-17-19(16(2)27-29(11,12)22(6,7)8)20(25)23(17)14-18(24)26-21(3,4)5/h13,16-17,19H,1,14-15H2,2-12H3/t16-,17-,19-/m1/s1. The molecule has 1 aliphatic heterocycles. The summed E-state index contributed by atoms with van der Waals surface area (Å²) < 4.78 is 12.0. The summed E-state index contributed by atoms with van der Waals surface area (Å²) in [7, 11) is -3.68. The lowest BCUT2D eigenvalue weighted by atomic mass is 9.84. The van der Waals surface area contributed by atoms with E-state index in [4.69, 9.17) is 9.16 Å². The monoisotopic (exact) mass is 441 g/mol. The molecule has 1 rings (SSSR count). The number of amides is 1. The molecule has 7 heteroatoms. The van der Waals surface area contributed by atoms with Crippen molar-refractivity contribution in [1.29, 1.82) is 0 Å².